The lowest BCUT2D eigenvalue weighted by atomic mass is 10.2. The molecule has 2 amide bonds. The zero-order valence-corrected chi connectivity index (χ0v) is 19.5. The van der Waals surface area contributed by atoms with E-state index in [1.807, 2.05) is 79.2 Å². The van der Waals surface area contributed by atoms with Gasteiger partial charge < -0.3 is 15.2 Å². The van der Waals surface area contributed by atoms with Crippen LogP contribution in [0.1, 0.15) is 17.0 Å². The van der Waals surface area contributed by atoms with E-state index < -0.39 is 0 Å². The zero-order chi connectivity index (χ0) is 23.4. The van der Waals surface area contributed by atoms with E-state index in [-0.39, 0.29) is 6.03 Å². The summed E-state index contributed by atoms with van der Waals surface area (Å²) in [6.45, 7) is 1.94. The van der Waals surface area contributed by atoms with Gasteiger partial charge >= 0.3 is 6.03 Å². The summed E-state index contributed by atoms with van der Waals surface area (Å²) in [5, 5.41) is 15.4. The van der Waals surface area contributed by atoms with Gasteiger partial charge in [0.25, 0.3) is 0 Å². The molecule has 0 fully saturated rings. The monoisotopic (exact) mass is 477 g/mol. The number of amides is 2. The molecule has 33 heavy (non-hydrogen) atoms. The summed E-state index contributed by atoms with van der Waals surface area (Å²) in [7, 11) is 1.88. The summed E-state index contributed by atoms with van der Waals surface area (Å²) in [5.41, 5.74) is 4.02. The van der Waals surface area contributed by atoms with Gasteiger partial charge in [0.15, 0.2) is 11.6 Å². The van der Waals surface area contributed by atoms with Crippen LogP contribution in [0.2, 0.25) is 10.0 Å². The Kier molecular flexibility index (Phi) is 6.77. The van der Waals surface area contributed by atoms with Crippen molar-refractivity contribution in [1.82, 2.24) is 14.8 Å². The maximum atomic E-state index is 12.3. The smallest absolute Gasteiger partial charge is 0.311 e. The van der Waals surface area contributed by atoms with E-state index in [9.17, 15) is 4.79 Å². The van der Waals surface area contributed by atoms with Crippen molar-refractivity contribution in [2.24, 2.45) is 7.05 Å². The van der Waals surface area contributed by atoms with Crippen LogP contribution in [0.4, 0.5) is 16.2 Å². The van der Waals surface area contributed by atoms with Gasteiger partial charge in [-0.1, -0.05) is 47.5 Å². The predicted molar refractivity (Wildman–Crippen MR) is 136 cm³/mol. The Morgan fingerprint density at radius 1 is 0.879 bits per heavy atom. The van der Waals surface area contributed by atoms with Crippen LogP contribution < -0.4 is 10.6 Å². The summed E-state index contributed by atoms with van der Waals surface area (Å²) < 4.78 is 1.87. The fraction of sp³-hybridized carbons (Fsp3) is 0.0800. The van der Waals surface area contributed by atoms with Gasteiger partial charge in [-0.15, -0.1) is 10.2 Å². The highest BCUT2D eigenvalue weighted by Crippen LogP contribution is 2.27. The second kappa shape index (κ2) is 9.90. The molecule has 1 heterocycles. The van der Waals surface area contributed by atoms with E-state index in [1.165, 1.54) is 0 Å². The third kappa shape index (κ3) is 5.25. The van der Waals surface area contributed by atoms with Gasteiger partial charge in [-0.2, -0.15) is 0 Å². The molecule has 0 aliphatic carbocycles. The van der Waals surface area contributed by atoms with Gasteiger partial charge in [0.05, 0.1) is 0 Å². The first-order chi connectivity index (χ1) is 15.9. The minimum atomic E-state index is -0.304. The highest BCUT2D eigenvalue weighted by atomic mass is 35.5. The molecule has 0 unspecified atom stereocenters. The van der Waals surface area contributed by atoms with Crippen LogP contribution in [-0.2, 0) is 7.05 Å². The molecule has 4 rings (SSSR count). The zero-order valence-electron chi connectivity index (χ0n) is 18.0. The van der Waals surface area contributed by atoms with E-state index in [0.717, 1.165) is 22.4 Å². The van der Waals surface area contributed by atoms with E-state index in [0.29, 0.717) is 27.4 Å². The predicted octanol–water partition coefficient (Wildman–Crippen LogP) is 6.91. The summed E-state index contributed by atoms with van der Waals surface area (Å²) >= 11 is 12.5. The molecule has 4 aromatic rings. The molecule has 0 radical (unpaired) electrons. The van der Waals surface area contributed by atoms with E-state index in [4.69, 9.17) is 23.2 Å². The van der Waals surface area contributed by atoms with Crippen molar-refractivity contribution in [1.29, 1.82) is 0 Å². The summed E-state index contributed by atoms with van der Waals surface area (Å²) in [6.07, 6.45) is 3.63. The minimum Gasteiger partial charge on any atom is -0.311 e. The molecule has 0 saturated heterocycles. The van der Waals surface area contributed by atoms with Gasteiger partial charge in [0.1, 0.15) is 0 Å². The van der Waals surface area contributed by atoms with Crippen molar-refractivity contribution < 1.29 is 4.79 Å². The molecule has 166 valence electrons. The Morgan fingerprint density at radius 2 is 1.58 bits per heavy atom. The molecule has 0 bridgehead atoms. The number of carbonyl (C=O) groups is 1. The topological polar surface area (TPSA) is 71.8 Å². The molecule has 8 heteroatoms. The number of aromatic nitrogens is 3. The fourth-order valence-corrected chi connectivity index (χ4v) is 3.79. The standard InChI is InChI=1S/C25H21Cl2N5O/c1-16-6-3-4-9-22(16)29-25(33)28-18-12-10-17(11-13-18)24-31-30-23(32(24)2)15-14-19-20(26)7-5-8-21(19)27/h3-15H,1-2H3,(H2,28,29,33)/b15-14+. The average molecular weight is 478 g/mol. The first-order valence-electron chi connectivity index (χ1n) is 10.2. The molecule has 3 aromatic carbocycles. The number of urea groups is 1. The molecular weight excluding hydrogens is 457 g/mol. The second-order valence-electron chi connectivity index (χ2n) is 7.38. The fourth-order valence-electron chi connectivity index (χ4n) is 3.27. The van der Waals surface area contributed by atoms with Gasteiger partial charge in [0, 0.05) is 39.6 Å². The number of hydrogen-bond acceptors (Lipinski definition) is 3. The van der Waals surface area contributed by atoms with Crippen LogP contribution in [0.15, 0.2) is 66.7 Å². The van der Waals surface area contributed by atoms with Crippen LogP contribution in [0.25, 0.3) is 23.5 Å². The first-order valence-corrected chi connectivity index (χ1v) is 10.9. The molecule has 0 aliphatic rings. The lowest BCUT2D eigenvalue weighted by Gasteiger charge is -2.10. The third-order valence-electron chi connectivity index (χ3n) is 5.10. The number of nitrogens with one attached hydrogen (secondary N) is 2. The van der Waals surface area contributed by atoms with E-state index in [1.54, 1.807) is 18.2 Å². The van der Waals surface area contributed by atoms with Crippen LogP contribution in [0.3, 0.4) is 0 Å². The van der Waals surface area contributed by atoms with Crippen LogP contribution >= 0.6 is 23.2 Å². The number of benzene rings is 3. The summed E-state index contributed by atoms with van der Waals surface area (Å²) in [4.78, 5) is 12.3. The van der Waals surface area contributed by atoms with Crippen LogP contribution in [-0.4, -0.2) is 20.8 Å². The van der Waals surface area contributed by atoms with Gasteiger partial charge in [0.2, 0.25) is 0 Å². The molecule has 0 atom stereocenters. The Bertz CT molecular complexity index is 1310. The number of anilines is 2. The Balaban J connectivity index is 1.46. The van der Waals surface area contributed by atoms with Crippen molar-refractivity contribution in [3.63, 3.8) is 0 Å². The highest BCUT2D eigenvalue weighted by Gasteiger charge is 2.11. The first kappa shape index (κ1) is 22.6. The average Bonchev–Trinajstić information content (AvgIpc) is 3.16. The SMILES string of the molecule is Cc1ccccc1NC(=O)Nc1ccc(-c2nnc(/C=C/c3c(Cl)cccc3Cl)n2C)cc1. The number of carbonyl (C=O) groups excluding carboxylic acids is 1. The number of halogens is 2. The number of rotatable bonds is 5. The third-order valence-corrected chi connectivity index (χ3v) is 5.76. The van der Waals surface area contributed by atoms with Gasteiger partial charge in [-0.3, -0.25) is 0 Å². The molecule has 2 N–H and O–H groups in total. The quantitative estimate of drug-likeness (QED) is 0.327. The van der Waals surface area contributed by atoms with E-state index in [2.05, 4.69) is 20.8 Å². The Hall–Kier alpha value is -3.61. The Labute approximate surface area is 201 Å². The summed E-state index contributed by atoms with van der Waals surface area (Å²) in [6, 6.07) is 20.1. The normalized spacial score (nSPS) is 11.0. The van der Waals surface area contributed by atoms with Gasteiger partial charge in [-0.25, -0.2) is 4.79 Å². The highest BCUT2D eigenvalue weighted by molar-refractivity contribution is 6.37. The van der Waals surface area contributed by atoms with Crippen molar-refractivity contribution in [3.05, 3.63) is 93.7 Å². The van der Waals surface area contributed by atoms with Gasteiger partial charge in [-0.05, 0) is 67.1 Å². The Morgan fingerprint density at radius 3 is 2.27 bits per heavy atom. The van der Waals surface area contributed by atoms with Crippen LogP contribution in [0, 0.1) is 6.92 Å². The summed E-state index contributed by atoms with van der Waals surface area (Å²) in [5.74, 6) is 1.34. The van der Waals surface area contributed by atoms with Crippen molar-refractivity contribution in [2.75, 3.05) is 10.6 Å². The van der Waals surface area contributed by atoms with E-state index >= 15 is 0 Å². The molecule has 6 nitrogen and oxygen atoms in total. The maximum Gasteiger partial charge on any atom is 0.323 e. The second-order valence-corrected chi connectivity index (χ2v) is 8.20. The molecule has 1 aromatic heterocycles. The number of nitrogens with zero attached hydrogens (tertiary/aromatic N) is 3. The van der Waals surface area contributed by atoms with Crippen molar-refractivity contribution in [3.8, 4) is 11.4 Å². The van der Waals surface area contributed by atoms with Crippen LogP contribution in [0.5, 0.6) is 0 Å². The lowest BCUT2D eigenvalue weighted by molar-refractivity contribution is 0.262. The van der Waals surface area contributed by atoms with Crippen molar-refractivity contribution >= 4 is 52.8 Å². The largest absolute Gasteiger partial charge is 0.323 e. The number of aryl methyl sites for hydroxylation is 1. The lowest BCUT2D eigenvalue weighted by Crippen LogP contribution is -2.19. The molecule has 0 spiro atoms. The number of para-hydroxylation sites is 1. The minimum absolute atomic E-state index is 0.304. The maximum absolute atomic E-state index is 12.3. The molecular formula is C25H21Cl2N5O. The molecule has 0 saturated carbocycles. The van der Waals surface area contributed by atoms with Crippen molar-refractivity contribution in [2.45, 2.75) is 6.92 Å². The number of hydrogen-bond donors (Lipinski definition) is 2. The molecule has 0 aliphatic heterocycles.